The van der Waals surface area contributed by atoms with Gasteiger partial charge in [-0.25, -0.2) is 0 Å². The minimum absolute atomic E-state index is 0.00417. The Kier molecular flexibility index (Phi) is 2.56. The van der Waals surface area contributed by atoms with Crippen molar-refractivity contribution in [2.45, 2.75) is 18.8 Å². The summed E-state index contributed by atoms with van der Waals surface area (Å²) < 4.78 is 5.67. The molecule has 1 atom stereocenters. The van der Waals surface area contributed by atoms with Crippen molar-refractivity contribution in [3.63, 3.8) is 0 Å². The Labute approximate surface area is 133 Å². The van der Waals surface area contributed by atoms with Gasteiger partial charge in [-0.05, 0) is 19.4 Å². The van der Waals surface area contributed by atoms with Crippen LogP contribution >= 0.6 is 0 Å². The van der Waals surface area contributed by atoms with Crippen LogP contribution in [-0.2, 0) is 14.9 Å². The second-order valence-corrected chi connectivity index (χ2v) is 6.16. The summed E-state index contributed by atoms with van der Waals surface area (Å²) in [5.74, 6) is 0.360. The molecule has 3 heterocycles. The lowest BCUT2D eigenvalue weighted by atomic mass is 9.68. The fourth-order valence-corrected chi connectivity index (χ4v) is 3.80. The van der Waals surface area contributed by atoms with E-state index in [4.69, 9.17) is 10.5 Å². The lowest BCUT2D eigenvalue weighted by Gasteiger charge is -2.34. The number of nitrogens with one attached hydrogen (secondary N) is 1. The van der Waals surface area contributed by atoms with Crippen LogP contribution in [0.5, 0.6) is 0 Å². The molecule has 0 radical (unpaired) electrons. The first-order chi connectivity index (χ1) is 11.0. The number of nitrogens with zero attached hydrogens (tertiary/aromatic N) is 2. The van der Waals surface area contributed by atoms with Crippen molar-refractivity contribution in [2.75, 3.05) is 18.9 Å². The quantitative estimate of drug-likeness (QED) is 0.757. The molecule has 1 unspecified atom stereocenters. The standard InChI is InChI=1S/C17H16N4O2/c1-9-3-4-13-11(7-9)17(16(22)20-13)10-5-6-21(2)15(10)23-14(19)12(17)8-18/h3-4,7H,5-6,19H2,1-2H3,(H,20,22). The topological polar surface area (TPSA) is 91.4 Å². The van der Waals surface area contributed by atoms with Crippen LogP contribution in [0.1, 0.15) is 17.5 Å². The zero-order valence-electron chi connectivity index (χ0n) is 12.9. The molecule has 0 saturated carbocycles. The van der Waals surface area contributed by atoms with Gasteiger partial charge in [0, 0.05) is 30.4 Å². The maximum Gasteiger partial charge on any atom is 0.244 e. The SMILES string of the molecule is Cc1ccc2c(c1)C1(C(=O)N2)C(C#N)=C(N)OC2=C1CCN2C. The molecule has 3 N–H and O–H groups in total. The fourth-order valence-electron chi connectivity index (χ4n) is 3.80. The molecular formula is C17H16N4O2. The number of fused-ring (bicyclic) bond motifs is 3. The predicted molar refractivity (Wildman–Crippen MR) is 83.7 cm³/mol. The second-order valence-electron chi connectivity index (χ2n) is 6.16. The highest BCUT2D eigenvalue weighted by Crippen LogP contribution is 2.54. The van der Waals surface area contributed by atoms with Gasteiger partial charge in [0.15, 0.2) is 5.88 Å². The summed E-state index contributed by atoms with van der Waals surface area (Å²) in [5.41, 5.74) is 8.37. The van der Waals surface area contributed by atoms with Gasteiger partial charge in [0.2, 0.25) is 11.8 Å². The van der Waals surface area contributed by atoms with E-state index in [2.05, 4.69) is 11.4 Å². The van der Waals surface area contributed by atoms with Crippen molar-refractivity contribution in [3.05, 3.63) is 52.2 Å². The van der Waals surface area contributed by atoms with E-state index in [0.29, 0.717) is 12.3 Å². The van der Waals surface area contributed by atoms with Gasteiger partial charge in [-0.2, -0.15) is 5.26 Å². The number of hydrogen-bond donors (Lipinski definition) is 2. The van der Waals surface area contributed by atoms with Crippen molar-refractivity contribution in [1.82, 2.24) is 4.90 Å². The zero-order chi connectivity index (χ0) is 16.4. The summed E-state index contributed by atoms with van der Waals surface area (Å²) in [4.78, 5) is 15.0. The van der Waals surface area contributed by atoms with E-state index in [-0.39, 0.29) is 17.4 Å². The fraction of sp³-hybridized carbons (Fsp3) is 0.294. The molecule has 3 aliphatic rings. The average Bonchev–Trinajstić information content (AvgIpc) is 3.01. The van der Waals surface area contributed by atoms with Gasteiger partial charge in [-0.3, -0.25) is 4.79 Å². The number of benzene rings is 1. The molecular weight excluding hydrogens is 292 g/mol. The number of rotatable bonds is 0. The van der Waals surface area contributed by atoms with Gasteiger partial charge in [-0.15, -0.1) is 0 Å². The van der Waals surface area contributed by atoms with Gasteiger partial charge in [-0.1, -0.05) is 17.7 Å². The molecule has 0 bridgehead atoms. The van der Waals surface area contributed by atoms with Crippen molar-refractivity contribution >= 4 is 11.6 Å². The van der Waals surface area contributed by atoms with Crippen molar-refractivity contribution in [3.8, 4) is 6.07 Å². The molecule has 1 amide bonds. The number of hydrogen-bond acceptors (Lipinski definition) is 5. The van der Waals surface area contributed by atoms with E-state index in [1.807, 2.05) is 37.1 Å². The zero-order valence-corrected chi connectivity index (χ0v) is 12.9. The highest BCUT2D eigenvalue weighted by atomic mass is 16.5. The van der Waals surface area contributed by atoms with Crippen LogP contribution in [0.4, 0.5) is 5.69 Å². The number of amides is 1. The number of ether oxygens (including phenoxy) is 1. The molecule has 3 aliphatic heterocycles. The maximum absolute atomic E-state index is 13.0. The first-order valence-corrected chi connectivity index (χ1v) is 7.45. The minimum Gasteiger partial charge on any atom is -0.424 e. The number of anilines is 1. The van der Waals surface area contributed by atoms with Gasteiger partial charge in [0.25, 0.3) is 0 Å². The van der Waals surface area contributed by atoms with Crippen LogP contribution in [0.15, 0.2) is 41.1 Å². The van der Waals surface area contributed by atoms with Crippen molar-refractivity contribution < 1.29 is 9.53 Å². The molecule has 6 heteroatoms. The number of nitriles is 1. The van der Waals surface area contributed by atoms with Gasteiger partial charge in [0.1, 0.15) is 17.1 Å². The smallest absolute Gasteiger partial charge is 0.244 e. The summed E-state index contributed by atoms with van der Waals surface area (Å²) in [6.07, 6.45) is 0.658. The van der Waals surface area contributed by atoms with E-state index in [0.717, 1.165) is 28.9 Å². The van der Waals surface area contributed by atoms with Crippen LogP contribution in [0, 0.1) is 18.3 Å². The molecule has 0 aliphatic carbocycles. The molecule has 1 spiro atoms. The van der Waals surface area contributed by atoms with Crippen LogP contribution in [0.25, 0.3) is 0 Å². The largest absolute Gasteiger partial charge is 0.424 e. The highest BCUT2D eigenvalue weighted by molar-refractivity contribution is 6.12. The number of carbonyl (C=O) groups excluding carboxylic acids is 1. The number of carbonyl (C=O) groups is 1. The van der Waals surface area contributed by atoms with Gasteiger partial charge < -0.3 is 20.7 Å². The Morgan fingerprint density at radius 3 is 3.00 bits per heavy atom. The van der Waals surface area contributed by atoms with Crippen molar-refractivity contribution in [1.29, 1.82) is 5.26 Å². The normalized spacial score (nSPS) is 25.3. The number of aryl methyl sites for hydroxylation is 1. The molecule has 116 valence electrons. The molecule has 1 aromatic carbocycles. The molecule has 0 saturated heterocycles. The Morgan fingerprint density at radius 1 is 1.48 bits per heavy atom. The summed E-state index contributed by atoms with van der Waals surface area (Å²) in [5, 5.41) is 12.6. The molecule has 6 nitrogen and oxygen atoms in total. The van der Waals surface area contributed by atoms with E-state index < -0.39 is 5.41 Å². The lowest BCUT2D eigenvalue weighted by molar-refractivity contribution is -0.118. The number of nitrogens with two attached hydrogens (primary N) is 1. The van der Waals surface area contributed by atoms with Gasteiger partial charge in [0.05, 0.1) is 0 Å². The molecule has 1 aromatic rings. The second kappa shape index (κ2) is 4.29. The Hall–Kier alpha value is -2.94. The summed E-state index contributed by atoms with van der Waals surface area (Å²) in [6, 6.07) is 7.88. The summed E-state index contributed by atoms with van der Waals surface area (Å²) in [6.45, 7) is 2.69. The summed E-state index contributed by atoms with van der Waals surface area (Å²) in [7, 11) is 1.89. The van der Waals surface area contributed by atoms with E-state index in [9.17, 15) is 10.1 Å². The first kappa shape index (κ1) is 13.7. The summed E-state index contributed by atoms with van der Waals surface area (Å²) >= 11 is 0. The van der Waals surface area contributed by atoms with Crippen LogP contribution < -0.4 is 11.1 Å². The first-order valence-electron chi connectivity index (χ1n) is 7.45. The Morgan fingerprint density at radius 2 is 2.26 bits per heavy atom. The highest BCUT2D eigenvalue weighted by Gasteiger charge is 2.58. The minimum atomic E-state index is -1.17. The van der Waals surface area contributed by atoms with Crippen LogP contribution in [0.2, 0.25) is 0 Å². The Bertz CT molecular complexity index is 862. The average molecular weight is 308 g/mol. The third-order valence-corrected chi connectivity index (χ3v) is 4.86. The molecule has 23 heavy (non-hydrogen) atoms. The monoisotopic (exact) mass is 308 g/mol. The molecule has 0 aromatic heterocycles. The predicted octanol–water partition coefficient (Wildman–Crippen LogP) is 1.46. The third-order valence-electron chi connectivity index (χ3n) is 4.86. The van der Waals surface area contributed by atoms with E-state index in [1.165, 1.54) is 0 Å². The lowest BCUT2D eigenvalue weighted by Crippen LogP contribution is -2.42. The third kappa shape index (κ3) is 1.49. The van der Waals surface area contributed by atoms with E-state index in [1.54, 1.807) is 0 Å². The van der Waals surface area contributed by atoms with Crippen LogP contribution in [0.3, 0.4) is 0 Å². The molecule has 0 fully saturated rings. The molecule has 4 rings (SSSR count). The van der Waals surface area contributed by atoms with Crippen molar-refractivity contribution in [2.24, 2.45) is 5.73 Å². The van der Waals surface area contributed by atoms with E-state index >= 15 is 0 Å². The Balaban J connectivity index is 2.10. The van der Waals surface area contributed by atoms with Gasteiger partial charge >= 0.3 is 0 Å². The van der Waals surface area contributed by atoms with Crippen LogP contribution in [-0.4, -0.2) is 24.4 Å². The maximum atomic E-state index is 13.0.